The second-order valence-electron chi connectivity index (χ2n) is 6.08. The van der Waals surface area contributed by atoms with Crippen molar-refractivity contribution in [2.75, 3.05) is 0 Å². The van der Waals surface area contributed by atoms with E-state index < -0.39 is 6.10 Å². The fourth-order valence-corrected chi connectivity index (χ4v) is 2.84. The Morgan fingerprint density at radius 3 is 2.74 bits per heavy atom. The topological polar surface area (TPSA) is 49.6 Å². The molecule has 2 aromatic heterocycles. The third-order valence-electron chi connectivity index (χ3n) is 4.20. The number of imidazole rings is 1. The van der Waals surface area contributed by atoms with E-state index in [1.807, 2.05) is 48.8 Å². The maximum absolute atomic E-state index is 10.3. The van der Waals surface area contributed by atoms with Crippen LogP contribution in [-0.4, -0.2) is 20.5 Å². The lowest BCUT2D eigenvalue weighted by Crippen LogP contribution is -2.27. The van der Waals surface area contributed by atoms with E-state index in [4.69, 9.17) is 0 Å². The maximum Gasteiger partial charge on any atom is 0.139 e. The number of fused-ring (bicyclic) bond motifs is 1. The number of benzene rings is 1. The molecule has 4 heteroatoms. The van der Waals surface area contributed by atoms with Crippen molar-refractivity contribution >= 4 is 5.65 Å². The van der Waals surface area contributed by atoms with Crippen molar-refractivity contribution < 1.29 is 5.11 Å². The lowest BCUT2D eigenvalue weighted by atomic mass is 10.0. The molecule has 0 aliphatic rings. The summed E-state index contributed by atoms with van der Waals surface area (Å²) < 4.78 is 2.11. The van der Waals surface area contributed by atoms with Gasteiger partial charge in [0.05, 0.1) is 18.0 Å². The van der Waals surface area contributed by atoms with Crippen LogP contribution in [-0.2, 0) is 6.54 Å². The minimum Gasteiger partial charge on any atom is -0.388 e. The third kappa shape index (κ3) is 3.60. The molecule has 23 heavy (non-hydrogen) atoms. The molecule has 0 saturated heterocycles. The van der Waals surface area contributed by atoms with Gasteiger partial charge in [-0.05, 0) is 37.5 Å². The Morgan fingerprint density at radius 2 is 1.96 bits per heavy atom. The van der Waals surface area contributed by atoms with E-state index in [-0.39, 0.29) is 6.04 Å². The molecule has 2 heterocycles. The summed E-state index contributed by atoms with van der Waals surface area (Å²) in [5.74, 6) is 0. The van der Waals surface area contributed by atoms with Gasteiger partial charge in [0.1, 0.15) is 5.65 Å². The number of aliphatic hydroxyl groups excluding tert-OH is 1. The smallest absolute Gasteiger partial charge is 0.139 e. The average Bonchev–Trinajstić information content (AvgIpc) is 2.98. The number of aromatic nitrogens is 2. The molecule has 120 valence electrons. The second-order valence-corrected chi connectivity index (χ2v) is 6.08. The molecule has 2 atom stereocenters. The summed E-state index contributed by atoms with van der Waals surface area (Å²) >= 11 is 0. The summed E-state index contributed by atoms with van der Waals surface area (Å²) in [5.41, 5.74) is 4.27. The van der Waals surface area contributed by atoms with Crippen LogP contribution in [0.5, 0.6) is 0 Å². The van der Waals surface area contributed by atoms with Crippen molar-refractivity contribution in [2.24, 2.45) is 0 Å². The van der Waals surface area contributed by atoms with Crippen LogP contribution in [0.15, 0.2) is 54.9 Å². The van der Waals surface area contributed by atoms with Crippen LogP contribution < -0.4 is 5.32 Å². The first-order valence-corrected chi connectivity index (χ1v) is 8.03. The van der Waals surface area contributed by atoms with Gasteiger partial charge < -0.3 is 14.8 Å². The molecule has 4 nitrogen and oxygen atoms in total. The van der Waals surface area contributed by atoms with E-state index in [1.165, 1.54) is 5.56 Å². The number of aryl methyl sites for hydroxylation is 1. The predicted molar refractivity (Wildman–Crippen MR) is 92.2 cm³/mol. The number of hydrogen-bond donors (Lipinski definition) is 2. The molecule has 0 radical (unpaired) electrons. The van der Waals surface area contributed by atoms with Crippen LogP contribution >= 0.6 is 0 Å². The summed E-state index contributed by atoms with van der Waals surface area (Å²) in [4.78, 5) is 4.48. The zero-order chi connectivity index (χ0) is 16.2. The van der Waals surface area contributed by atoms with Crippen LogP contribution in [0.3, 0.4) is 0 Å². The summed E-state index contributed by atoms with van der Waals surface area (Å²) in [6, 6.07) is 14.1. The lowest BCUT2D eigenvalue weighted by molar-refractivity contribution is 0.153. The van der Waals surface area contributed by atoms with E-state index in [0.29, 0.717) is 6.42 Å². The van der Waals surface area contributed by atoms with Crippen molar-refractivity contribution in [2.45, 2.75) is 39.0 Å². The second kappa shape index (κ2) is 6.94. The molecule has 1 aromatic carbocycles. The highest BCUT2D eigenvalue weighted by molar-refractivity contribution is 5.48. The van der Waals surface area contributed by atoms with E-state index >= 15 is 0 Å². The summed E-state index contributed by atoms with van der Waals surface area (Å²) in [5, 5.41) is 13.8. The van der Waals surface area contributed by atoms with Crippen LogP contribution in [0.25, 0.3) is 5.65 Å². The lowest BCUT2D eigenvalue weighted by Gasteiger charge is -2.18. The van der Waals surface area contributed by atoms with Gasteiger partial charge in [0.25, 0.3) is 0 Å². The van der Waals surface area contributed by atoms with Gasteiger partial charge in [-0.3, -0.25) is 0 Å². The largest absolute Gasteiger partial charge is 0.388 e. The Hall–Kier alpha value is -2.17. The first-order chi connectivity index (χ1) is 11.1. The summed E-state index contributed by atoms with van der Waals surface area (Å²) in [7, 11) is 0. The van der Waals surface area contributed by atoms with Crippen LogP contribution in [0, 0.1) is 6.92 Å². The molecule has 3 aromatic rings. The highest BCUT2D eigenvalue weighted by atomic mass is 16.3. The van der Waals surface area contributed by atoms with Crippen LogP contribution in [0.2, 0.25) is 0 Å². The molecule has 3 rings (SSSR count). The highest BCUT2D eigenvalue weighted by Crippen LogP contribution is 2.18. The van der Waals surface area contributed by atoms with Gasteiger partial charge in [0, 0.05) is 18.8 Å². The molecule has 0 bridgehead atoms. The molecule has 0 aliphatic heterocycles. The molecule has 0 unspecified atom stereocenters. The molecular weight excluding hydrogens is 286 g/mol. The van der Waals surface area contributed by atoms with Crippen molar-refractivity contribution in [1.29, 1.82) is 0 Å². The zero-order valence-electron chi connectivity index (χ0n) is 13.6. The monoisotopic (exact) mass is 309 g/mol. The van der Waals surface area contributed by atoms with Crippen LogP contribution in [0.1, 0.15) is 36.3 Å². The molecule has 0 saturated carbocycles. The Balaban J connectivity index is 1.60. The van der Waals surface area contributed by atoms with E-state index in [1.54, 1.807) is 0 Å². The fraction of sp³-hybridized carbons (Fsp3) is 0.316. The number of rotatable bonds is 6. The van der Waals surface area contributed by atoms with Gasteiger partial charge >= 0.3 is 0 Å². The molecule has 2 N–H and O–H groups in total. The Labute approximate surface area is 136 Å². The van der Waals surface area contributed by atoms with Gasteiger partial charge in [0.2, 0.25) is 0 Å². The van der Waals surface area contributed by atoms with Crippen molar-refractivity contribution in [1.82, 2.24) is 14.7 Å². The van der Waals surface area contributed by atoms with Crippen molar-refractivity contribution in [3.05, 3.63) is 71.7 Å². The Bertz CT molecular complexity index is 767. The molecule has 0 fully saturated rings. The van der Waals surface area contributed by atoms with Gasteiger partial charge in [-0.25, -0.2) is 4.98 Å². The predicted octanol–water partition coefficient (Wildman–Crippen LogP) is 3.24. The average molecular weight is 309 g/mol. The van der Waals surface area contributed by atoms with Gasteiger partial charge in [-0.1, -0.05) is 36.4 Å². The molecule has 0 amide bonds. The highest BCUT2D eigenvalue weighted by Gasteiger charge is 2.13. The standard InChI is InChI=1S/C19H23N3O/c1-14-7-6-10-22-17(13-21-19(14)22)12-20-15(2)11-18(23)16-8-4-3-5-9-16/h3-10,13,15,18,20,23H,11-12H2,1-2H3/t15-,18-/m1/s1. The number of pyridine rings is 1. The molecular formula is C19H23N3O. The minimum atomic E-state index is -0.442. The number of aliphatic hydroxyl groups is 1. The zero-order valence-corrected chi connectivity index (χ0v) is 13.6. The Morgan fingerprint density at radius 1 is 1.17 bits per heavy atom. The number of nitrogens with one attached hydrogen (secondary N) is 1. The van der Waals surface area contributed by atoms with Gasteiger partial charge in [0.15, 0.2) is 0 Å². The van der Waals surface area contributed by atoms with Crippen molar-refractivity contribution in [3.63, 3.8) is 0 Å². The molecule has 0 spiro atoms. The normalized spacial score (nSPS) is 14.0. The first-order valence-electron chi connectivity index (χ1n) is 8.03. The number of hydrogen-bond acceptors (Lipinski definition) is 3. The van der Waals surface area contributed by atoms with Gasteiger partial charge in [-0.15, -0.1) is 0 Å². The minimum absolute atomic E-state index is 0.209. The first kappa shape index (κ1) is 15.7. The fourth-order valence-electron chi connectivity index (χ4n) is 2.84. The van der Waals surface area contributed by atoms with Gasteiger partial charge in [-0.2, -0.15) is 0 Å². The summed E-state index contributed by atoms with van der Waals surface area (Å²) in [6.45, 7) is 4.90. The van der Waals surface area contributed by atoms with E-state index in [2.05, 4.69) is 34.6 Å². The molecule has 0 aliphatic carbocycles. The Kier molecular flexibility index (Phi) is 4.74. The number of nitrogens with zero attached hydrogens (tertiary/aromatic N) is 2. The quantitative estimate of drug-likeness (QED) is 0.735. The van der Waals surface area contributed by atoms with E-state index in [0.717, 1.165) is 23.4 Å². The van der Waals surface area contributed by atoms with Crippen LogP contribution in [0.4, 0.5) is 0 Å². The van der Waals surface area contributed by atoms with E-state index in [9.17, 15) is 5.11 Å². The van der Waals surface area contributed by atoms with Crippen molar-refractivity contribution in [3.8, 4) is 0 Å². The third-order valence-corrected chi connectivity index (χ3v) is 4.20. The SMILES string of the molecule is Cc1cccn2c(CN[C@H](C)C[C@@H](O)c3ccccc3)cnc12. The summed E-state index contributed by atoms with van der Waals surface area (Å²) in [6.07, 6.45) is 4.19. The maximum atomic E-state index is 10.3.